The van der Waals surface area contributed by atoms with Crippen molar-refractivity contribution < 1.29 is 33.6 Å². The van der Waals surface area contributed by atoms with Gasteiger partial charge in [0.05, 0.1) is 29.6 Å². The predicted octanol–water partition coefficient (Wildman–Crippen LogP) is 4.83. The number of esters is 1. The van der Waals surface area contributed by atoms with Gasteiger partial charge in [0.25, 0.3) is 5.97 Å². The molecule has 7 nitrogen and oxygen atoms in total. The van der Waals surface area contributed by atoms with E-state index < -0.39 is 28.7 Å². The number of hydrogen-bond donors (Lipinski definition) is 1. The lowest BCUT2D eigenvalue weighted by Crippen LogP contribution is -2.70. The van der Waals surface area contributed by atoms with Crippen molar-refractivity contribution in [3.8, 4) is 0 Å². The summed E-state index contributed by atoms with van der Waals surface area (Å²) in [6.07, 6.45) is 5.26. The molecular weight excluding hydrogens is 508 g/mol. The number of carbonyl (C=O) groups is 2. The Labute approximate surface area is 236 Å². The van der Waals surface area contributed by atoms with Gasteiger partial charge in [-0.25, -0.2) is 0 Å². The molecule has 0 amide bonds. The van der Waals surface area contributed by atoms with Gasteiger partial charge in [-0.3, -0.25) is 9.59 Å². The van der Waals surface area contributed by atoms with Crippen molar-refractivity contribution in [3.63, 3.8) is 0 Å². The molecule has 1 N–H and O–H groups in total. The highest BCUT2D eigenvalue weighted by Crippen LogP contribution is 2.65. The fourth-order valence-corrected chi connectivity index (χ4v) is 7.98. The molecule has 6 aliphatic rings. The van der Waals surface area contributed by atoms with Crippen LogP contribution in [0.5, 0.6) is 0 Å². The van der Waals surface area contributed by atoms with Crippen LogP contribution in [0.1, 0.15) is 59.4 Å². The minimum absolute atomic E-state index is 0.00331. The molecule has 4 fully saturated rings. The second-order valence-electron chi connectivity index (χ2n) is 13.0. The highest BCUT2D eigenvalue weighted by molar-refractivity contribution is 6.04. The smallest absolute Gasteiger partial charge is 0.308 e. The predicted molar refractivity (Wildman–Crippen MR) is 148 cm³/mol. The normalized spacial score (nSPS) is 41.5. The molecular formula is C33H40O7. The number of aliphatic hydroxyl groups is 1. The van der Waals surface area contributed by atoms with Gasteiger partial charge < -0.3 is 24.1 Å². The summed E-state index contributed by atoms with van der Waals surface area (Å²) in [5, 5.41) is 12.3. The van der Waals surface area contributed by atoms with Crippen molar-refractivity contribution in [2.75, 3.05) is 6.61 Å². The summed E-state index contributed by atoms with van der Waals surface area (Å²) in [5.41, 5.74) is -0.303. The number of fused-ring (bicyclic) bond motifs is 2. The van der Waals surface area contributed by atoms with Crippen LogP contribution in [0.4, 0.5) is 0 Å². The van der Waals surface area contributed by atoms with Crippen molar-refractivity contribution in [2.24, 2.45) is 23.7 Å². The molecule has 7 rings (SSSR count). The minimum atomic E-state index is -1.73. The van der Waals surface area contributed by atoms with Crippen LogP contribution >= 0.6 is 0 Å². The summed E-state index contributed by atoms with van der Waals surface area (Å²) in [6.45, 7) is 13.8. The van der Waals surface area contributed by atoms with Crippen molar-refractivity contribution in [1.82, 2.24) is 0 Å². The van der Waals surface area contributed by atoms with Gasteiger partial charge in [0, 0.05) is 24.7 Å². The van der Waals surface area contributed by atoms with Crippen LogP contribution in [0.25, 0.3) is 0 Å². The summed E-state index contributed by atoms with van der Waals surface area (Å²) in [4.78, 5) is 26.1. The Hall–Kier alpha value is -2.58. The monoisotopic (exact) mass is 548 g/mol. The fourth-order valence-electron chi connectivity index (χ4n) is 7.98. The van der Waals surface area contributed by atoms with E-state index in [4.69, 9.17) is 18.9 Å². The lowest BCUT2D eigenvalue weighted by Gasteiger charge is -2.60. The van der Waals surface area contributed by atoms with Crippen LogP contribution in [0, 0.1) is 23.7 Å². The number of ether oxygens (including phenoxy) is 4. The Balaban J connectivity index is 1.53. The molecule has 7 heteroatoms. The lowest BCUT2D eigenvalue weighted by molar-refractivity contribution is -0.500. The average molecular weight is 549 g/mol. The third kappa shape index (κ3) is 3.92. The summed E-state index contributed by atoms with van der Waals surface area (Å²) in [6, 6.07) is 9.95. The largest absolute Gasteiger partial charge is 0.461 e. The fraction of sp³-hybridized carbons (Fsp3) is 0.576. The van der Waals surface area contributed by atoms with Crippen LogP contribution in [0.15, 0.2) is 65.8 Å². The van der Waals surface area contributed by atoms with Gasteiger partial charge >= 0.3 is 5.97 Å². The van der Waals surface area contributed by atoms with E-state index in [2.05, 4.69) is 19.6 Å². The van der Waals surface area contributed by atoms with Crippen molar-refractivity contribution in [1.29, 1.82) is 0 Å². The van der Waals surface area contributed by atoms with Gasteiger partial charge in [-0.15, -0.1) is 0 Å². The van der Waals surface area contributed by atoms with E-state index in [-0.39, 0.29) is 48.6 Å². The molecule has 1 aromatic carbocycles. The Morgan fingerprint density at radius 3 is 2.58 bits per heavy atom. The molecule has 0 aromatic heterocycles. The first kappa shape index (κ1) is 27.6. The third-order valence-corrected chi connectivity index (χ3v) is 9.87. The Bertz CT molecular complexity index is 1310. The molecule has 1 saturated carbocycles. The lowest BCUT2D eigenvalue weighted by atomic mass is 9.63. The number of Topliss-reactive ketones (excluding diaryl/α,β-unsaturated/α-hetero) is 1. The van der Waals surface area contributed by atoms with Gasteiger partial charge in [-0.2, -0.15) is 0 Å². The van der Waals surface area contributed by atoms with Crippen LogP contribution in [0.2, 0.25) is 0 Å². The van der Waals surface area contributed by atoms with Crippen LogP contribution in [-0.2, 0) is 35.0 Å². The van der Waals surface area contributed by atoms with Gasteiger partial charge in [0.15, 0.2) is 5.78 Å². The van der Waals surface area contributed by atoms with Gasteiger partial charge in [0.1, 0.15) is 12.2 Å². The molecule has 214 valence electrons. The summed E-state index contributed by atoms with van der Waals surface area (Å²) in [7, 11) is 0. The van der Waals surface area contributed by atoms with Crippen LogP contribution in [0.3, 0.4) is 0 Å². The van der Waals surface area contributed by atoms with Gasteiger partial charge in [-0.1, -0.05) is 69.8 Å². The molecule has 0 radical (unpaired) electrons. The van der Waals surface area contributed by atoms with E-state index in [1.165, 1.54) is 0 Å². The zero-order chi connectivity index (χ0) is 28.7. The van der Waals surface area contributed by atoms with Crippen LogP contribution < -0.4 is 0 Å². The SMILES string of the molecule is C=C(C)[C@]12C[C@@H]3O[C@](Cc4ccccc4)(O1)O[C@]1(C4C=C(C)C(=O)[C@@]4(O)CC(COC(=O)C(C)C)=C[C@@H]31)[C@H](C)C2. The molecule has 8 atom stereocenters. The van der Waals surface area contributed by atoms with Gasteiger partial charge in [-0.05, 0) is 48.5 Å². The highest BCUT2D eigenvalue weighted by Gasteiger charge is 2.74. The molecule has 3 aliphatic carbocycles. The third-order valence-electron chi connectivity index (χ3n) is 9.87. The number of hydrogen-bond acceptors (Lipinski definition) is 7. The number of rotatable bonds is 6. The first-order valence-electron chi connectivity index (χ1n) is 14.4. The number of ketones is 1. The standard InChI is InChI=1S/C33H40O7/c1-19(2)29(35)37-18-24-13-25-26-17-30(20(3)4)14-22(6)33(25,27-12-21(5)28(34)31(27,36)15-24)40-32(38-26,39-30)16-23-10-8-7-9-11-23/h7-13,19,22,25-27,36H,3,14-18H2,1-2,4-6H3/t22-,25+,26+,27?,30+,31-,32-,33-/m1/s1. The van der Waals surface area contributed by atoms with Gasteiger partial charge in [0.2, 0.25) is 0 Å². The van der Waals surface area contributed by atoms with E-state index >= 15 is 0 Å². The molecule has 3 saturated heterocycles. The topological polar surface area (TPSA) is 91.3 Å². The van der Waals surface area contributed by atoms with Crippen LogP contribution in [-0.4, -0.2) is 52.3 Å². The van der Waals surface area contributed by atoms with Crippen molar-refractivity contribution in [3.05, 3.63) is 71.3 Å². The first-order chi connectivity index (χ1) is 18.8. The molecule has 4 bridgehead atoms. The Kier molecular flexibility index (Phi) is 6.35. The number of carbonyl (C=O) groups excluding carboxylic acids is 2. The highest BCUT2D eigenvalue weighted by atomic mass is 16.9. The first-order valence-corrected chi connectivity index (χ1v) is 14.4. The summed E-state index contributed by atoms with van der Waals surface area (Å²) in [5.74, 6) is -3.40. The quantitative estimate of drug-likeness (QED) is 0.402. The van der Waals surface area contributed by atoms with E-state index in [1.807, 2.05) is 43.3 Å². The Morgan fingerprint density at radius 2 is 1.90 bits per heavy atom. The minimum Gasteiger partial charge on any atom is -0.461 e. The van der Waals surface area contributed by atoms with Crippen molar-refractivity contribution in [2.45, 2.75) is 89.2 Å². The second kappa shape index (κ2) is 9.21. The molecule has 1 spiro atoms. The average Bonchev–Trinajstić information content (AvgIpc) is 2.98. The maximum Gasteiger partial charge on any atom is 0.308 e. The van der Waals surface area contributed by atoms with E-state index in [0.29, 0.717) is 30.4 Å². The van der Waals surface area contributed by atoms with E-state index in [1.54, 1.807) is 20.8 Å². The zero-order valence-electron chi connectivity index (χ0n) is 24.1. The molecule has 1 aromatic rings. The van der Waals surface area contributed by atoms with Crippen molar-refractivity contribution >= 4 is 11.8 Å². The molecule has 1 unspecified atom stereocenters. The maximum absolute atomic E-state index is 13.7. The molecule has 3 aliphatic heterocycles. The summed E-state index contributed by atoms with van der Waals surface area (Å²) < 4.78 is 26.5. The zero-order valence-corrected chi connectivity index (χ0v) is 24.1. The Morgan fingerprint density at radius 1 is 1.18 bits per heavy atom. The van der Waals surface area contributed by atoms with E-state index in [9.17, 15) is 14.7 Å². The van der Waals surface area contributed by atoms with E-state index in [0.717, 1.165) is 11.1 Å². The molecule has 3 heterocycles. The molecule has 40 heavy (non-hydrogen) atoms. The summed E-state index contributed by atoms with van der Waals surface area (Å²) >= 11 is 0. The number of benzene rings is 1. The maximum atomic E-state index is 13.7. The second-order valence-corrected chi connectivity index (χ2v) is 13.0.